The van der Waals surface area contributed by atoms with E-state index < -0.39 is 0 Å². The second-order valence-electron chi connectivity index (χ2n) is 5.95. The molecule has 3 aromatic rings. The van der Waals surface area contributed by atoms with Gasteiger partial charge in [-0.15, -0.1) is 0 Å². The van der Waals surface area contributed by atoms with Crippen LogP contribution < -0.4 is 10.2 Å². The molecular weight excluding hydrogens is 320 g/mol. The van der Waals surface area contributed by atoms with Gasteiger partial charge in [-0.25, -0.2) is 9.97 Å². The van der Waals surface area contributed by atoms with E-state index >= 15 is 0 Å². The first-order valence-corrected chi connectivity index (χ1v) is 8.30. The van der Waals surface area contributed by atoms with Gasteiger partial charge in [0.2, 0.25) is 0 Å². The van der Waals surface area contributed by atoms with Crippen molar-refractivity contribution in [1.29, 1.82) is 0 Å². The fraction of sp³-hybridized carbons (Fsp3) is 0.158. The van der Waals surface area contributed by atoms with Crippen LogP contribution in [0.2, 0.25) is 5.02 Å². The molecule has 0 radical (unpaired) electrons. The Hall–Kier alpha value is -2.59. The highest BCUT2D eigenvalue weighted by Crippen LogP contribution is 2.37. The summed E-state index contributed by atoms with van der Waals surface area (Å²) in [7, 11) is 0. The Balaban J connectivity index is 1.66. The number of anilines is 4. The van der Waals surface area contributed by atoms with Gasteiger partial charge in [-0.05, 0) is 43.2 Å². The van der Waals surface area contributed by atoms with Crippen LogP contribution in [0.5, 0.6) is 0 Å². The molecule has 1 aliphatic rings. The maximum Gasteiger partial charge on any atom is 0.138 e. The molecule has 0 fully saturated rings. The van der Waals surface area contributed by atoms with Crippen molar-refractivity contribution in [3.05, 3.63) is 71.5 Å². The lowest BCUT2D eigenvalue weighted by atomic mass is 10.1. The second-order valence-corrected chi connectivity index (χ2v) is 6.39. The third-order valence-electron chi connectivity index (χ3n) is 4.20. The van der Waals surface area contributed by atoms with Crippen LogP contribution in [0.3, 0.4) is 0 Å². The van der Waals surface area contributed by atoms with E-state index in [2.05, 4.69) is 51.4 Å². The summed E-state index contributed by atoms with van der Waals surface area (Å²) in [6, 6.07) is 18.4. The molecule has 2 aromatic carbocycles. The van der Waals surface area contributed by atoms with E-state index in [4.69, 9.17) is 11.6 Å². The molecule has 0 amide bonds. The molecule has 4 rings (SSSR count). The van der Waals surface area contributed by atoms with Crippen LogP contribution in [0, 0.1) is 0 Å². The van der Waals surface area contributed by atoms with E-state index in [0.29, 0.717) is 11.1 Å². The molecule has 0 aliphatic carbocycles. The summed E-state index contributed by atoms with van der Waals surface area (Å²) in [4.78, 5) is 11.1. The molecule has 0 saturated heterocycles. The van der Waals surface area contributed by atoms with Gasteiger partial charge >= 0.3 is 0 Å². The molecule has 2 heterocycles. The monoisotopic (exact) mass is 336 g/mol. The van der Waals surface area contributed by atoms with E-state index in [-0.39, 0.29) is 0 Å². The van der Waals surface area contributed by atoms with Gasteiger partial charge in [0.15, 0.2) is 0 Å². The summed E-state index contributed by atoms with van der Waals surface area (Å²) in [5, 5.41) is 3.98. The number of rotatable bonds is 3. The standard InChI is InChI=1S/C19H17ClN4/c1-13-9-14-5-2-3-8-17(14)24(13)19-11-18(21-12-22-19)23-16-7-4-6-15(20)10-16/h2-8,10-13H,9H2,1H3,(H,21,22,23). The van der Waals surface area contributed by atoms with Crippen LogP contribution in [0.15, 0.2) is 60.9 Å². The summed E-state index contributed by atoms with van der Waals surface area (Å²) in [6.45, 7) is 2.21. The van der Waals surface area contributed by atoms with Gasteiger partial charge in [-0.3, -0.25) is 0 Å². The minimum Gasteiger partial charge on any atom is -0.340 e. The molecule has 0 spiro atoms. The Bertz CT molecular complexity index is 881. The largest absolute Gasteiger partial charge is 0.340 e. The SMILES string of the molecule is CC1Cc2ccccc2N1c1cc(Nc2cccc(Cl)c2)ncn1. The molecule has 1 aliphatic heterocycles. The van der Waals surface area contributed by atoms with Gasteiger partial charge in [-0.1, -0.05) is 35.9 Å². The molecule has 0 saturated carbocycles. The first-order valence-electron chi connectivity index (χ1n) is 7.92. The van der Waals surface area contributed by atoms with Crippen LogP contribution in [-0.4, -0.2) is 16.0 Å². The van der Waals surface area contributed by atoms with Crippen molar-refractivity contribution in [3.63, 3.8) is 0 Å². The van der Waals surface area contributed by atoms with Crippen LogP contribution in [0.25, 0.3) is 0 Å². The van der Waals surface area contributed by atoms with Gasteiger partial charge in [-0.2, -0.15) is 0 Å². The Morgan fingerprint density at radius 1 is 1.08 bits per heavy atom. The maximum absolute atomic E-state index is 6.04. The fourth-order valence-electron chi connectivity index (χ4n) is 3.18. The molecule has 0 bridgehead atoms. The number of nitrogens with zero attached hydrogens (tertiary/aromatic N) is 3. The Morgan fingerprint density at radius 2 is 1.96 bits per heavy atom. The minimum absolute atomic E-state index is 0.372. The van der Waals surface area contributed by atoms with Crippen molar-refractivity contribution in [2.24, 2.45) is 0 Å². The second kappa shape index (κ2) is 6.13. The third-order valence-corrected chi connectivity index (χ3v) is 4.44. The number of hydrogen-bond acceptors (Lipinski definition) is 4. The average molecular weight is 337 g/mol. The van der Waals surface area contributed by atoms with Crippen LogP contribution in [0.1, 0.15) is 12.5 Å². The van der Waals surface area contributed by atoms with Crippen molar-refractivity contribution in [2.45, 2.75) is 19.4 Å². The van der Waals surface area contributed by atoms with Crippen LogP contribution in [-0.2, 0) is 6.42 Å². The zero-order valence-corrected chi connectivity index (χ0v) is 14.0. The first-order chi connectivity index (χ1) is 11.7. The summed E-state index contributed by atoms with van der Waals surface area (Å²) >= 11 is 6.04. The van der Waals surface area contributed by atoms with Crippen molar-refractivity contribution in [2.75, 3.05) is 10.2 Å². The zero-order valence-electron chi connectivity index (χ0n) is 13.3. The van der Waals surface area contributed by atoms with E-state index in [1.54, 1.807) is 6.33 Å². The highest BCUT2D eigenvalue weighted by Gasteiger charge is 2.27. The summed E-state index contributed by atoms with van der Waals surface area (Å²) in [5.74, 6) is 1.64. The fourth-order valence-corrected chi connectivity index (χ4v) is 3.37. The lowest BCUT2D eigenvalue weighted by molar-refractivity contribution is 0.749. The highest BCUT2D eigenvalue weighted by atomic mass is 35.5. The third kappa shape index (κ3) is 2.81. The number of hydrogen-bond donors (Lipinski definition) is 1. The normalized spacial score (nSPS) is 16.1. The predicted octanol–water partition coefficient (Wildman–Crippen LogP) is 4.96. The van der Waals surface area contributed by atoms with Crippen molar-refractivity contribution >= 4 is 34.6 Å². The summed E-state index contributed by atoms with van der Waals surface area (Å²) in [5.41, 5.74) is 3.48. The molecule has 1 N–H and O–H groups in total. The summed E-state index contributed by atoms with van der Waals surface area (Å²) in [6.07, 6.45) is 2.62. The molecule has 1 unspecified atom stereocenters. The van der Waals surface area contributed by atoms with Crippen molar-refractivity contribution in [3.8, 4) is 0 Å². The molecule has 4 nitrogen and oxygen atoms in total. The summed E-state index contributed by atoms with van der Waals surface area (Å²) < 4.78 is 0. The number of aromatic nitrogens is 2. The quantitative estimate of drug-likeness (QED) is 0.734. The van der Waals surface area contributed by atoms with Crippen molar-refractivity contribution < 1.29 is 0 Å². The van der Waals surface area contributed by atoms with Gasteiger partial charge < -0.3 is 10.2 Å². The minimum atomic E-state index is 0.372. The van der Waals surface area contributed by atoms with Crippen LogP contribution >= 0.6 is 11.6 Å². The number of fused-ring (bicyclic) bond motifs is 1. The smallest absolute Gasteiger partial charge is 0.138 e. The van der Waals surface area contributed by atoms with Gasteiger partial charge in [0, 0.05) is 28.5 Å². The van der Waals surface area contributed by atoms with E-state index in [0.717, 1.165) is 23.7 Å². The first kappa shape index (κ1) is 15.0. The lowest BCUT2D eigenvalue weighted by Gasteiger charge is -2.24. The van der Waals surface area contributed by atoms with E-state index in [9.17, 15) is 0 Å². The predicted molar refractivity (Wildman–Crippen MR) is 98.5 cm³/mol. The number of halogens is 1. The van der Waals surface area contributed by atoms with E-state index in [1.165, 1.54) is 11.3 Å². The van der Waals surface area contributed by atoms with Crippen LogP contribution in [0.4, 0.5) is 23.0 Å². The number of nitrogens with one attached hydrogen (secondary N) is 1. The maximum atomic E-state index is 6.04. The number of para-hydroxylation sites is 1. The van der Waals surface area contributed by atoms with Gasteiger partial charge in [0.1, 0.15) is 18.0 Å². The van der Waals surface area contributed by atoms with Gasteiger partial charge in [0.25, 0.3) is 0 Å². The molecule has 1 aromatic heterocycles. The zero-order chi connectivity index (χ0) is 16.5. The highest BCUT2D eigenvalue weighted by molar-refractivity contribution is 6.30. The molecule has 24 heavy (non-hydrogen) atoms. The van der Waals surface area contributed by atoms with E-state index in [1.807, 2.05) is 30.3 Å². The Kier molecular flexibility index (Phi) is 3.82. The van der Waals surface area contributed by atoms with Gasteiger partial charge in [0.05, 0.1) is 0 Å². The average Bonchev–Trinajstić information content (AvgIpc) is 2.91. The lowest BCUT2D eigenvalue weighted by Crippen LogP contribution is -2.24. The number of benzene rings is 2. The van der Waals surface area contributed by atoms with Crippen molar-refractivity contribution in [1.82, 2.24) is 9.97 Å². The molecular formula is C19H17ClN4. The molecule has 120 valence electrons. The Morgan fingerprint density at radius 3 is 2.83 bits per heavy atom. The molecule has 1 atom stereocenters. The Labute approximate surface area is 146 Å². The topological polar surface area (TPSA) is 41.0 Å². The molecule has 5 heteroatoms.